The van der Waals surface area contributed by atoms with E-state index in [0.29, 0.717) is 18.2 Å². The molecule has 0 spiro atoms. The van der Waals surface area contributed by atoms with E-state index in [2.05, 4.69) is 25.8 Å². The highest BCUT2D eigenvalue weighted by molar-refractivity contribution is 5.05. The van der Waals surface area contributed by atoms with E-state index in [1.165, 1.54) is 12.8 Å². The van der Waals surface area contributed by atoms with Crippen LogP contribution in [0.5, 0.6) is 0 Å². The van der Waals surface area contributed by atoms with Crippen molar-refractivity contribution in [2.45, 2.75) is 82.5 Å². The molecule has 0 unspecified atom stereocenters. The zero-order valence-corrected chi connectivity index (χ0v) is 14.9. The van der Waals surface area contributed by atoms with Crippen molar-refractivity contribution in [1.82, 2.24) is 30.5 Å². The fourth-order valence-corrected chi connectivity index (χ4v) is 3.44. The number of aromatic nitrogens is 5. The number of aliphatic hydroxyl groups is 1. The van der Waals surface area contributed by atoms with Gasteiger partial charge in [-0.1, -0.05) is 23.2 Å². The van der Waals surface area contributed by atoms with Gasteiger partial charge in [0.1, 0.15) is 11.3 Å². The summed E-state index contributed by atoms with van der Waals surface area (Å²) in [4.78, 5) is 4.48. The Hall–Kier alpha value is -1.80. The lowest BCUT2D eigenvalue weighted by Crippen LogP contribution is -2.40. The van der Waals surface area contributed by atoms with E-state index in [9.17, 15) is 5.11 Å². The van der Waals surface area contributed by atoms with Crippen LogP contribution in [0.1, 0.15) is 81.7 Å². The second-order valence-corrected chi connectivity index (χ2v) is 7.81. The van der Waals surface area contributed by atoms with E-state index < -0.39 is 5.60 Å². The fraction of sp³-hybridized carbons (Fsp3) is 0.765. The molecule has 8 heteroatoms. The van der Waals surface area contributed by atoms with Gasteiger partial charge < -0.3 is 14.9 Å². The average molecular weight is 346 g/mol. The predicted molar refractivity (Wildman–Crippen MR) is 89.7 cm³/mol. The Balaban J connectivity index is 1.42. The Labute approximate surface area is 147 Å². The molecule has 2 aromatic rings. The summed E-state index contributed by atoms with van der Waals surface area (Å²) in [5.74, 6) is 1.99. The topological polar surface area (TPSA) is 102 Å². The molecule has 2 fully saturated rings. The molecule has 2 aromatic heterocycles. The summed E-state index contributed by atoms with van der Waals surface area (Å²) in [6, 6.07) is 0.514. The highest BCUT2D eigenvalue weighted by Gasteiger charge is 2.31. The molecule has 25 heavy (non-hydrogen) atoms. The van der Waals surface area contributed by atoms with E-state index in [1.807, 2.05) is 10.9 Å². The Kier molecular flexibility index (Phi) is 4.33. The fourth-order valence-electron chi connectivity index (χ4n) is 3.44. The molecule has 0 radical (unpaired) electrons. The maximum Gasteiger partial charge on any atom is 0.229 e. The highest BCUT2D eigenvalue weighted by Crippen LogP contribution is 2.38. The van der Waals surface area contributed by atoms with Gasteiger partial charge >= 0.3 is 0 Å². The predicted octanol–water partition coefficient (Wildman–Crippen LogP) is 2.04. The minimum absolute atomic E-state index is 0.229. The van der Waals surface area contributed by atoms with Crippen molar-refractivity contribution in [3.05, 3.63) is 23.6 Å². The van der Waals surface area contributed by atoms with Gasteiger partial charge in [-0.05, 0) is 39.5 Å². The molecule has 0 amide bonds. The van der Waals surface area contributed by atoms with Crippen LogP contribution in [0.25, 0.3) is 0 Å². The van der Waals surface area contributed by atoms with Gasteiger partial charge in [0.15, 0.2) is 5.82 Å². The Bertz CT molecular complexity index is 715. The molecule has 4 rings (SSSR count). The molecule has 2 aliphatic rings. The van der Waals surface area contributed by atoms with Gasteiger partial charge in [0.25, 0.3) is 0 Å². The number of hydrogen-bond donors (Lipinski definition) is 2. The first-order chi connectivity index (χ1) is 12.0. The zero-order valence-electron chi connectivity index (χ0n) is 14.9. The third-order valence-corrected chi connectivity index (χ3v) is 5.14. The minimum Gasteiger partial charge on any atom is -0.384 e. The van der Waals surface area contributed by atoms with Crippen LogP contribution in [0.2, 0.25) is 0 Å². The first-order valence-electron chi connectivity index (χ1n) is 9.21. The third kappa shape index (κ3) is 3.74. The van der Waals surface area contributed by atoms with Gasteiger partial charge in [-0.2, -0.15) is 4.98 Å². The van der Waals surface area contributed by atoms with E-state index in [1.54, 1.807) is 13.8 Å². The normalized spacial score (nSPS) is 24.6. The van der Waals surface area contributed by atoms with Crippen molar-refractivity contribution >= 4 is 0 Å². The smallest absolute Gasteiger partial charge is 0.229 e. The summed E-state index contributed by atoms with van der Waals surface area (Å²) in [5.41, 5.74) is -0.372. The Morgan fingerprint density at radius 3 is 2.80 bits per heavy atom. The number of rotatable bonds is 6. The first kappa shape index (κ1) is 16.7. The SMILES string of the molecule is CC(C)(O)c1cn([C@@H]2CCCC[C@@H]2NCc2noc(C3CC3)n2)nn1. The lowest BCUT2D eigenvalue weighted by Gasteiger charge is -2.31. The summed E-state index contributed by atoms with van der Waals surface area (Å²) in [5, 5.41) is 26.2. The molecular formula is C17H26N6O2. The summed E-state index contributed by atoms with van der Waals surface area (Å²) in [7, 11) is 0. The van der Waals surface area contributed by atoms with Crippen molar-refractivity contribution in [1.29, 1.82) is 0 Å². The molecule has 0 saturated heterocycles. The monoisotopic (exact) mass is 346 g/mol. The van der Waals surface area contributed by atoms with Crippen molar-refractivity contribution < 1.29 is 9.63 Å². The molecule has 0 bridgehead atoms. The van der Waals surface area contributed by atoms with Gasteiger partial charge in [-0.25, -0.2) is 4.68 Å². The number of hydrogen-bond acceptors (Lipinski definition) is 7. The largest absolute Gasteiger partial charge is 0.384 e. The van der Waals surface area contributed by atoms with Crippen LogP contribution >= 0.6 is 0 Å². The minimum atomic E-state index is -0.973. The van der Waals surface area contributed by atoms with Gasteiger partial charge in [0.2, 0.25) is 5.89 Å². The molecule has 2 saturated carbocycles. The molecule has 8 nitrogen and oxygen atoms in total. The van der Waals surface area contributed by atoms with E-state index in [0.717, 1.165) is 37.4 Å². The summed E-state index contributed by atoms with van der Waals surface area (Å²) in [6.07, 6.45) is 8.69. The van der Waals surface area contributed by atoms with Gasteiger partial charge in [0.05, 0.1) is 18.8 Å². The lowest BCUT2D eigenvalue weighted by molar-refractivity contribution is 0.0736. The van der Waals surface area contributed by atoms with Crippen LogP contribution in [-0.2, 0) is 12.1 Å². The van der Waals surface area contributed by atoms with Gasteiger partial charge in [-0.15, -0.1) is 5.10 Å². The van der Waals surface area contributed by atoms with E-state index >= 15 is 0 Å². The molecule has 2 heterocycles. The summed E-state index contributed by atoms with van der Waals surface area (Å²) >= 11 is 0. The Morgan fingerprint density at radius 2 is 2.08 bits per heavy atom. The standard InChI is InChI=1S/C17H26N6O2/c1-17(2,24)14-10-23(22-20-14)13-6-4-3-5-12(13)18-9-15-19-16(25-21-15)11-7-8-11/h10-13,18,24H,3-9H2,1-2H3/t12-,13+/m0/s1. The lowest BCUT2D eigenvalue weighted by atomic mass is 9.90. The maximum atomic E-state index is 10.1. The van der Waals surface area contributed by atoms with Crippen LogP contribution in [0.3, 0.4) is 0 Å². The van der Waals surface area contributed by atoms with Crippen LogP contribution in [0.4, 0.5) is 0 Å². The molecule has 2 N–H and O–H groups in total. The van der Waals surface area contributed by atoms with E-state index in [4.69, 9.17) is 4.52 Å². The van der Waals surface area contributed by atoms with Crippen LogP contribution in [0, 0.1) is 0 Å². The molecule has 136 valence electrons. The molecule has 2 atom stereocenters. The molecular weight excluding hydrogens is 320 g/mol. The second-order valence-electron chi connectivity index (χ2n) is 7.81. The molecule has 0 aromatic carbocycles. The molecule has 2 aliphatic carbocycles. The van der Waals surface area contributed by atoms with Crippen molar-refractivity contribution in [3.8, 4) is 0 Å². The van der Waals surface area contributed by atoms with Crippen molar-refractivity contribution in [3.63, 3.8) is 0 Å². The molecule has 0 aliphatic heterocycles. The number of nitrogens with one attached hydrogen (secondary N) is 1. The zero-order chi connectivity index (χ0) is 17.4. The van der Waals surface area contributed by atoms with Gasteiger partial charge in [-0.3, -0.25) is 0 Å². The highest BCUT2D eigenvalue weighted by atomic mass is 16.5. The van der Waals surface area contributed by atoms with Crippen LogP contribution < -0.4 is 5.32 Å². The first-order valence-corrected chi connectivity index (χ1v) is 9.21. The van der Waals surface area contributed by atoms with Crippen molar-refractivity contribution in [2.75, 3.05) is 0 Å². The number of nitrogens with zero attached hydrogens (tertiary/aromatic N) is 5. The third-order valence-electron chi connectivity index (χ3n) is 5.14. The van der Waals surface area contributed by atoms with Crippen molar-refractivity contribution in [2.24, 2.45) is 0 Å². The van der Waals surface area contributed by atoms with Crippen LogP contribution in [0.15, 0.2) is 10.7 Å². The average Bonchev–Trinajstić information content (AvgIpc) is 3.12. The summed E-state index contributed by atoms with van der Waals surface area (Å²) in [6.45, 7) is 4.06. The summed E-state index contributed by atoms with van der Waals surface area (Å²) < 4.78 is 7.22. The van der Waals surface area contributed by atoms with Crippen LogP contribution in [-0.4, -0.2) is 36.3 Å². The Morgan fingerprint density at radius 1 is 1.28 bits per heavy atom. The second kappa shape index (κ2) is 6.49. The quantitative estimate of drug-likeness (QED) is 0.825. The van der Waals surface area contributed by atoms with Gasteiger partial charge in [0, 0.05) is 12.0 Å². The van der Waals surface area contributed by atoms with E-state index in [-0.39, 0.29) is 12.1 Å². The maximum absolute atomic E-state index is 10.1.